The molecule has 0 fully saturated rings. The van der Waals surface area contributed by atoms with Crippen molar-refractivity contribution in [3.8, 4) is 0 Å². The van der Waals surface area contributed by atoms with Crippen LogP contribution in [-0.2, 0) is 0 Å². The first-order valence-electron chi connectivity index (χ1n) is 7.50. The maximum absolute atomic E-state index is 12.8. The fraction of sp³-hybridized carbons (Fsp3) is 0.278. The summed E-state index contributed by atoms with van der Waals surface area (Å²) in [4.78, 5) is 11.9. The van der Waals surface area contributed by atoms with Crippen LogP contribution in [0.15, 0.2) is 48.5 Å². The van der Waals surface area contributed by atoms with Gasteiger partial charge in [0.1, 0.15) is 5.82 Å². The van der Waals surface area contributed by atoms with Crippen LogP contribution in [-0.4, -0.2) is 17.7 Å². The summed E-state index contributed by atoms with van der Waals surface area (Å²) < 4.78 is 12.8. The summed E-state index contributed by atoms with van der Waals surface area (Å²) >= 11 is 0. The van der Waals surface area contributed by atoms with Gasteiger partial charge in [-0.25, -0.2) is 9.18 Å². The molecule has 0 heterocycles. The molecule has 0 bridgehead atoms. The van der Waals surface area contributed by atoms with Gasteiger partial charge in [0.2, 0.25) is 0 Å². The Labute approximate surface area is 135 Å². The molecule has 4 nitrogen and oxygen atoms in total. The van der Waals surface area contributed by atoms with E-state index in [0.29, 0.717) is 5.56 Å². The number of benzene rings is 2. The van der Waals surface area contributed by atoms with Crippen LogP contribution < -0.4 is 10.6 Å². The van der Waals surface area contributed by atoms with Gasteiger partial charge in [0, 0.05) is 6.54 Å². The van der Waals surface area contributed by atoms with Crippen molar-refractivity contribution in [1.82, 2.24) is 10.6 Å². The maximum atomic E-state index is 12.8. The average Bonchev–Trinajstić information content (AvgIpc) is 2.54. The first-order chi connectivity index (χ1) is 11.0. The van der Waals surface area contributed by atoms with Crippen molar-refractivity contribution in [3.63, 3.8) is 0 Å². The van der Waals surface area contributed by atoms with Crippen LogP contribution in [0.2, 0.25) is 0 Å². The summed E-state index contributed by atoms with van der Waals surface area (Å²) in [6.45, 7) is 3.95. The summed E-state index contributed by atoms with van der Waals surface area (Å²) in [6.07, 6.45) is -0.879. The van der Waals surface area contributed by atoms with E-state index < -0.39 is 6.10 Å². The Bertz CT molecular complexity index is 641. The van der Waals surface area contributed by atoms with Gasteiger partial charge < -0.3 is 15.7 Å². The minimum absolute atomic E-state index is 0.0537. The number of halogens is 1. The normalized spacial score (nSPS) is 13.2. The highest BCUT2D eigenvalue weighted by Gasteiger charge is 2.12. The van der Waals surface area contributed by atoms with Crippen molar-refractivity contribution < 1.29 is 14.3 Å². The van der Waals surface area contributed by atoms with E-state index in [1.54, 1.807) is 0 Å². The van der Waals surface area contributed by atoms with E-state index in [0.717, 1.165) is 11.1 Å². The molecule has 0 spiro atoms. The molecule has 0 aliphatic carbocycles. The van der Waals surface area contributed by atoms with Crippen molar-refractivity contribution in [2.45, 2.75) is 26.0 Å². The predicted molar refractivity (Wildman–Crippen MR) is 87.5 cm³/mol. The smallest absolute Gasteiger partial charge is 0.315 e. The van der Waals surface area contributed by atoms with E-state index in [9.17, 15) is 14.3 Å². The molecular formula is C18H21FN2O2. The highest BCUT2D eigenvalue weighted by molar-refractivity contribution is 5.74. The molecule has 0 aromatic heterocycles. The van der Waals surface area contributed by atoms with Crippen molar-refractivity contribution in [2.75, 3.05) is 6.54 Å². The Hall–Kier alpha value is -2.40. The summed E-state index contributed by atoms with van der Waals surface area (Å²) in [6, 6.07) is 13.0. The largest absolute Gasteiger partial charge is 0.387 e. The molecule has 2 unspecified atom stereocenters. The Morgan fingerprint density at radius 1 is 1.09 bits per heavy atom. The third-order valence-corrected chi connectivity index (χ3v) is 3.64. The summed E-state index contributed by atoms with van der Waals surface area (Å²) in [7, 11) is 0. The standard InChI is InChI=1S/C18H21FN2O2/c1-12-3-5-14(6-4-12)13(2)21-18(23)20-11-17(22)15-7-9-16(19)10-8-15/h3-10,13,17,22H,11H2,1-2H3,(H2,20,21,23). The van der Waals surface area contributed by atoms with Crippen molar-refractivity contribution >= 4 is 6.03 Å². The predicted octanol–water partition coefficient (Wildman–Crippen LogP) is 3.23. The quantitative estimate of drug-likeness (QED) is 0.793. The van der Waals surface area contributed by atoms with Crippen LogP contribution in [0.25, 0.3) is 0 Å². The zero-order valence-corrected chi connectivity index (χ0v) is 13.2. The van der Waals surface area contributed by atoms with Gasteiger partial charge in [-0.3, -0.25) is 0 Å². The number of carbonyl (C=O) groups is 1. The fourth-order valence-corrected chi connectivity index (χ4v) is 2.18. The van der Waals surface area contributed by atoms with Crippen LogP contribution >= 0.6 is 0 Å². The van der Waals surface area contributed by atoms with Crippen LogP contribution in [0.4, 0.5) is 9.18 Å². The summed E-state index contributed by atoms with van der Waals surface area (Å²) in [5.74, 6) is -0.362. The number of carbonyl (C=O) groups excluding carboxylic acids is 1. The van der Waals surface area contributed by atoms with E-state index in [4.69, 9.17) is 0 Å². The molecule has 0 aliphatic heterocycles. The molecule has 23 heavy (non-hydrogen) atoms. The van der Waals surface area contributed by atoms with Crippen molar-refractivity contribution in [2.24, 2.45) is 0 Å². The Morgan fingerprint density at radius 2 is 1.65 bits per heavy atom. The number of hydrogen-bond donors (Lipinski definition) is 3. The Morgan fingerprint density at radius 3 is 2.26 bits per heavy atom. The highest BCUT2D eigenvalue weighted by Crippen LogP contribution is 2.14. The first-order valence-corrected chi connectivity index (χ1v) is 7.50. The zero-order chi connectivity index (χ0) is 16.8. The van der Waals surface area contributed by atoms with Crippen molar-refractivity contribution in [1.29, 1.82) is 0 Å². The van der Waals surface area contributed by atoms with Crippen LogP contribution in [0, 0.1) is 12.7 Å². The second-order valence-electron chi connectivity index (χ2n) is 5.55. The Balaban J connectivity index is 1.82. The van der Waals surface area contributed by atoms with Gasteiger partial charge in [-0.15, -0.1) is 0 Å². The van der Waals surface area contributed by atoms with Crippen molar-refractivity contribution in [3.05, 3.63) is 71.0 Å². The molecule has 2 aromatic rings. The number of rotatable bonds is 5. The number of amides is 2. The average molecular weight is 316 g/mol. The maximum Gasteiger partial charge on any atom is 0.315 e. The van der Waals surface area contributed by atoms with Crippen LogP contribution in [0.1, 0.15) is 35.8 Å². The molecule has 2 amide bonds. The zero-order valence-electron chi connectivity index (χ0n) is 13.2. The van der Waals surface area contributed by atoms with Crippen LogP contribution in [0.3, 0.4) is 0 Å². The summed E-state index contributed by atoms with van der Waals surface area (Å²) in [5, 5.41) is 15.4. The van der Waals surface area contributed by atoms with E-state index in [-0.39, 0.29) is 24.4 Å². The second kappa shape index (κ2) is 7.74. The topological polar surface area (TPSA) is 61.4 Å². The molecule has 0 aliphatic rings. The third kappa shape index (κ3) is 5.07. The van der Waals surface area contributed by atoms with Gasteiger partial charge in [-0.1, -0.05) is 42.0 Å². The van der Waals surface area contributed by atoms with E-state index >= 15 is 0 Å². The molecule has 0 saturated heterocycles. The molecule has 122 valence electrons. The third-order valence-electron chi connectivity index (χ3n) is 3.64. The van der Waals surface area contributed by atoms with E-state index in [1.165, 1.54) is 24.3 Å². The second-order valence-corrected chi connectivity index (χ2v) is 5.55. The lowest BCUT2D eigenvalue weighted by atomic mass is 10.1. The number of aryl methyl sites for hydroxylation is 1. The lowest BCUT2D eigenvalue weighted by Crippen LogP contribution is -2.39. The fourth-order valence-electron chi connectivity index (χ4n) is 2.18. The van der Waals surface area contributed by atoms with Gasteiger partial charge in [-0.2, -0.15) is 0 Å². The van der Waals surface area contributed by atoms with Gasteiger partial charge in [-0.05, 0) is 37.1 Å². The lowest BCUT2D eigenvalue weighted by Gasteiger charge is -2.17. The molecule has 0 radical (unpaired) electrons. The summed E-state index contributed by atoms with van der Waals surface area (Å²) in [5.41, 5.74) is 2.72. The minimum atomic E-state index is -0.879. The highest BCUT2D eigenvalue weighted by atomic mass is 19.1. The molecule has 2 rings (SSSR count). The number of aliphatic hydroxyl groups excluding tert-OH is 1. The Kier molecular flexibility index (Phi) is 5.71. The van der Waals surface area contributed by atoms with E-state index in [2.05, 4.69) is 10.6 Å². The first kappa shape index (κ1) is 17.0. The number of urea groups is 1. The number of aliphatic hydroxyl groups is 1. The molecule has 2 atom stereocenters. The number of hydrogen-bond acceptors (Lipinski definition) is 2. The molecule has 5 heteroatoms. The van der Waals surface area contributed by atoms with Gasteiger partial charge in [0.15, 0.2) is 0 Å². The molecule has 0 saturated carbocycles. The monoisotopic (exact) mass is 316 g/mol. The lowest BCUT2D eigenvalue weighted by molar-refractivity contribution is 0.172. The molecule has 2 aromatic carbocycles. The minimum Gasteiger partial charge on any atom is -0.387 e. The SMILES string of the molecule is Cc1ccc(C(C)NC(=O)NCC(O)c2ccc(F)cc2)cc1. The van der Waals surface area contributed by atoms with Gasteiger partial charge >= 0.3 is 6.03 Å². The van der Waals surface area contributed by atoms with Gasteiger partial charge in [0.05, 0.1) is 12.1 Å². The van der Waals surface area contributed by atoms with Crippen LogP contribution in [0.5, 0.6) is 0 Å². The number of nitrogens with one attached hydrogen (secondary N) is 2. The van der Waals surface area contributed by atoms with E-state index in [1.807, 2.05) is 38.1 Å². The van der Waals surface area contributed by atoms with Gasteiger partial charge in [0.25, 0.3) is 0 Å². The molecule has 3 N–H and O–H groups in total. The molecular weight excluding hydrogens is 295 g/mol.